The number of hydrogen-bond acceptors (Lipinski definition) is 3. The molecule has 25 heavy (non-hydrogen) atoms. The molecule has 1 aliphatic rings. The van der Waals surface area contributed by atoms with E-state index in [0.29, 0.717) is 18.1 Å². The lowest BCUT2D eigenvalue weighted by Gasteiger charge is -2.26. The molecule has 2 aromatic carbocycles. The maximum absolute atomic E-state index is 13.9. The average molecular weight is 360 g/mol. The summed E-state index contributed by atoms with van der Waals surface area (Å²) in [7, 11) is 0. The monoisotopic (exact) mass is 360 g/mol. The molecule has 0 aromatic heterocycles. The molecule has 0 aliphatic carbocycles. The summed E-state index contributed by atoms with van der Waals surface area (Å²) in [6, 6.07) is 12.1. The molecule has 132 valence electrons. The molecule has 3 rings (SSSR count). The molecule has 1 heterocycles. The fraction of sp³-hybridized carbons (Fsp3) is 0.316. The standard InChI is InChI=1S/C19H21FN2O2S/c1-2-24-12-13-6-3-4-9-16(13)21-19(23)22-17-10-11-25-18-14(17)7-5-8-15(18)20/h3-9,17H,2,10-12H2,1H3,(H2,21,22,23). The van der Waals surface area contributed by atoms with E-state index in [1.54, 1.807) is 6.07 Å². The molecule has 1 atom stereocenters. The van der Waals surface area contributed by atoms with Crippen molar-refractivity contribution < 1.29 is 13.9 Å². The Labute approximate surface area is 151 Å². The van der Waals surface area contributed by atoms with Crippen LogP contribution in [0.25, 0.3) is 0 Å². The van der Waals surface area contributed by atoms with Gasteiger partial charge >= 0.3 is 6.03 Å². The number of anilines is 1. The van der Waals surface area contributed by atoms with Gasteiger partial charge in [-0.2, -0.15) is 0 Å². The molecular formula is C19H21FN2O2S. The van der Waals surface area contributed by atoms with Gasteiger partial charge in [0.25, 0.3) is 0 Å². The van der Waals surface area contributed by atoms with Crippen LogP contribution in [0.1, 0.15) is 30.5 Å². The van der Waals surface area contributed by atoms with Crippen LogP contribution in [0.4, 0.5) is 14.9 Å². The number of halogens is 1. The molecule has 0 fully saturated rings. The lowest BCUT2D eigenvalue weighted by molar-refractivity contribution is 0.134. The minimum absolute atomic E-state index is 0.189. The third kappa shape index (κ3) is 4.32. The van der Waals surface area contributed by atoms with Crippen molar-refractivity contribution in [2.45, 2.75) is 30.9 Å². The van der Waals surface area contributed by atoms with E-state index in [4.69, 9.17) is 4.74 Å². The molecule has 2 N–H and O–H groups in total. The number of carbonyl (C=O) groups is 1. The normalized spacial score (nSPS) is 16.2. The van der Waals surface area contributed by atoms with Gasteiger partial charge in [0.15, 0.2) is 0 Å². The van der Waals surface area contributed by atoms with Gasteiger partial charge in [0, 0.05) is 28.5 Å². The van der Waals surface area contributed by atoms with Crippen LogP contribution in [-0.4, -0.2) is 18.4 Å². The summed E-state index contributed by atoms with van der Waals surface area (Å²) in [5.41, 5.74) is 2.48. The fourth-order valence-corrected chi connectivity index (χ4v) is 3.97. The predicted molar refractivity (Wildman–Crippen MR) is 98.4 cm³/mol. The van der Waals surface area contributed by atoms with Crippen molar-refractivity contribution in [3.63, 3.8) is 0 Å². The van der Waals surface area contributed by atoms with Crippen molar-refractivity contribution in [1.29, 1.82) is 0 Å². The first-order valence-electron chi connectivity index (χ1n) is 8.33. The van der Waals surface area contributed by atoms with E-state index in [1.165, 1.54) is 17.8 Å². The third-order valence-electron chi connectivity index (χ3n) is 4.06. The minimum atomic E-state index is -0.295. The van der Waals surface area contributed by atoms with Crippen molar-refractivity contribution in [3.05, 3.63) is 59.4 Å². The van der Waals surface area contributed by atoms with E-state index in [9.17, 15) is 9.18 Å². The summed E-state index contributed by atoms with van der Waals surface area (Å²) >= 11 is 1.50. The number of urea groups is 1. The van der Waals surface area contributed by atoms with Crippen molar-refractivity contribution in [2.75, 3.05) is 17.7 Å². The van der Waals surface area contributed by atoms with Gasteiger partial charge < -0.3 is 15.4 Å². The van der Waals surface area contributed by atoms with E-state index in [0.717, 1.165) is 29.0 Å². The van der Waals surface area contributed by atoms with Crippen LogP contribution < -0.4 is 10.6 Å². The van der Waals surface area contributed by atoms with Gasteiger partial charge in [-0.1, -0.05) is 30.3 Å². The summed E-state index contributed by atoms with van der Waals surface area (Å²) in [5, 5.41) is 5.84. The molecule has 0 spiro atoms. The van der Waals surface area contributed by atoms with Crippen molar-refractivity contribution in [1.82, 2.24) is 5.32 Å². The number of ether oxygens (including phenoxy) is 1. The summed E-state index contributed by atoms with van der Waals surface area (Å²) in [4.78, 5) is 13.1. The van der Waals surface area contributed by atoms with Crippen LogP contribution in [0.3, 0.4) is 0 Å². The van der Waals surface area contributed by atoms with Gasteiger partial charge in [0.05, 0.1) is 12.6 Å². The molecule has 4 nitrogen and oxygen atoms in total. The van der Waals surface area contributed by atoms with Gasteiger partial charge in [-0.25, -0.2) is 9.18 Å². The van der Waals surface area contributed by atoms with Gasteiger partial charge in [0.2, 0.25) is 0 Å². The number of carbonyl (C=O) groups excluding carboxylic acids is 1. The predicted octanol–water partition coefficient (Wildman–Crippen LogP) is 4.72. The molecule has 0 radical (unpaired) electrons. The zero-order valence-electron chi connectivity index (χ0n) is 14.0. The fourth-order valence-electron chi connectivity index (χ4n) is 2.83. The molecule has 6 heteroatoms. The smallest absolute Gasteiger partial charge is 0.319 e. The Hall–Kier alpha value is -2.05. The van der Waals surface area contributed by atoms with Crippen molar-refractivity contribution in [3.8, 4) is 0 Å². The highest BCUT2D eigenvalue weighted by atomic mass is 32.2. The van der Waals surface area contributed by atoms with Crippen LogP contribution in [0.2, 0.25) is 0 Å². The molecule has 1 aliphatic heterocycles. The number of benzene rings is 2. The molecule has 0 saturated heterocycles. The van der Waals surface area contributed by atoms with E-state index in [1.807, 2.05) is 37.3 Å². The van der Waals surface area contributed by atoms with E-state index in [-0.39, 0.29) is 17.9 Å². The number of nitrogens with one attached hydrogen (secondary N) is 2. The highest BCUT2D eigenvalue weighted by Gasteiger charge is 2.24. The van der Waals surface area contributed by atoms with E-state index in [2.05, 4.69) is 10.6 Å². The summed E-state index contributed by atoms with van der Waals surface area (Å²) in [5.74, 6) is 0.552. The maximum atomic E-state index is 13.9. The lowest BCUT2D eigenvalue weighted by atomic mass is 10.0. The quantitative estimate of drug-likeness (QED) is 0.811. The Kier molecular flexibility index (Phi) is 5.94. The van der Waals surface area contributed by atoms with Crippen LogP contribution in [0.15, 0.2) is 47.4 Å². The second kappa shape index (κ2) is 8.36. The van der Waals surface area contributed by atoms with E-state index >= 15 is 0 Å². The molecule has 2 aromatic rings. The summed E-state index contributed by atoms with van der Waals surface area (Å²) < 4.78 is 19.4. The Bertz CT molecular complexity index is 754. The largest absolute Gasteiger partial charge is 0.377 e. The Morgan fingerprint density at radius 2 is 2.12 bits per heavy atom. The Morgan fingerprint density at radius 3 is 2.96 bits per heavy atom. The first kappa shape index (κ1) is 17.8. The highest BCUT2D eigenvalue weighted by molar-refractivity contribution is 7.99. The number of amides is 2. The number of hydrogen-bond donors (Lipinski definition) is 2. The van der Waals surface area contributed by atoms with Gasteiger partial charge in [-0.3, -0.25) is 0 Å². The topological polar surface area (TPSA) is 50.4 Å². The molecular weight excluding hydrogens is 339 g/mol. The highest BCUT2D eigenvalue weighted by Crippen LogP contribution is 2.37. The van der Waals surface area contributed by atoms with Crippen molar-refractivity contribution in [2.24, 2.45) is 0 Å². The van der Waals surface area contributed by atoms with Crippen molar-refractivity contribution >= 4 is 23.5 Å². The molecule has 0 saturated carbocycles. The number of rotatable bonds is 5. The minimum Gasteiger partial charge on any atom is -0.377 e. The zero-order valence-corrected chi connectivity index (χ0v) is 14.9. The lowest BCUT2D eigenvalue weighted by Crippen LogP contribution is -2.34. The van der Waals surface area contributed by atoms with Crippen LogP contribution in [0, 0.1) is 5.82 Å². The van der Waals surface area contributed by atoms with Gasteiger partial charge in [-0.15, -0.1) is 11.8 Å². The maximum Gasteiger partial charge on any atom is 0.319 e. The number of thioether (sulfide) groups is 1. The molecule has 0 bridgehead atoms. The first-order valence-corrected chi connectivity index (χ1v) is 9.32. The summed E-state index contributed by atoms with van der Waals surface area (Å²) in [6.45, 7) is 2.99. The molecule has 2 amide bonds. The van der Waals surface area contributed by atoms with Gasteiger partial charge in [0.1, 0.15) is 5.82 Å². The van der Waals surface area contributed by atoms with E-state index < -0.39 is 0 Å². The van der Waals surface area contributed by atoms with Crippen LogP contribution >= 0.6 is 11.8 Å². The van der Waals surface area contributed by atoms with Crippen LogP contribution in [0.5, 0.6) is 0 Å². The SMILES string of the molecule is CCOCc1ccccc1NC(=O)NC1CCSc2c(F)cccc21. The summed E-state index contributed by atoms with van der Waals surface area (Å²) in [6.07, 6.45) is 0.773. The third-order valence-corrected chi connectivity index (χ3v) is 5.22. The molecule has 1 unspecified atom stereocenters. The van der Waals surface area contributed by atoms with Gasteiger partial charge in [-0.05, 0) is 31.0 Å². The van der Waals surface area contributed by atoms with Crippen LogP contribution in [-0.2, 0) is 11.3 Å². The second-order valence-electron chi connectivity index (χ2n) is 5.74. The second-order valence-corrected chi connectivity index (χ2v) is 6.85. The number of para-hydroxylation sites is 1. The number of fused-ring (bicyclic) bond motifs is 1. The zero-order chi connectivity index (χ0) is 17.6. The Balaban J connectivity index is 1.70. The average Bonchev–Trinajstić information content (AvgIpc) is 2.62. The first-order chi connectivity index (χ1) is 12.2. The Morgan fingerprint density at radius 1 is 1.28 bits per heavy atom.